The van der Waals surface area contributed by atoms with Crippen molar-refractivity contribution in [2.45, 2.75) is 0 Å². The van der Waals surface area contributed by atoms with Gasteiger partial charge in [-0.2, -0.15) is 0 Å². The van der Waals surface area contributed by atoms with Crippen LogP contribution in [0, 0.1) is 0 Å². The van der Waals surface area contributed by atoms with Gasteiger partial charge in [0.25, 0.3) is 5.91 Å². The van der Waals surface area contributed by atoms with Crippen molar-refractivity contribution < 1.29 is 9.21 Å². The third kappa shape index (κ3) is 1.77. The molecule has 0 fully saturated rings. The van der Waals surface area contributed by atoms with E-state index in [2.05, 4.69) is 4.42 Å². The number of furan rings is 1. The van der Waals surface area contributed by atoms with Crippen molar-refractivity contribution in [3.63, 3.8) is 0 Å². The Balaban J connectivity index is 0.000000640. The lowest BCUT2D eigenvalue weighted by Gasteiger charge is -1.80. The number of hydrogen-bond acceptors (Lipinski definition) is 2. The molecular weight excluding hydrogens is 142 g/mol. The van der Waals surface area contributed by atoms with Crippen molar-refractivity contribution in [2.75, 3.05) is 0 Å². The van der Waals surface area contributed by atoms with Crippen LogP contribution in [0.2, 0.25) is 0 Å². The Labute approximate surface area is 58.2 Å². The van der Waals surface area contributed by atoms with Crippen molar-refractivity contribution in [1.29, 1.82) is 0 Å². The van der Waals surface area contributed by atoms with Gasteiger partial charge in [-0.1, -0.05) is 0 Å². The average Bonchev–Trinajstić information content (AvgIpc) is 2.12. The summed E-state index contributed by atoms with van der Waals surface area (Å²) in [6, 6.07) is 3.13. The summed E-state index contributed by atoms with van der Waals surface area (Å²) >= 11 is 0. The fraction of sp³-hybridized carbons (Fsp3) is 0. The van der Waals surface area contributed by atoms with Crippen LogP contribution in [0.4, 0.5) is 0 Å². The van der Waals surface area contributed by atoms with E-state index in [0.29, 0.717) is 0 Å². The van der Waals surface area contributed by atoms with Crippen LogP contribution in [0.25, 0.3) is 0 Å². The molecule has 0 saturated carbocycles. The Morgan fingerprint density at radius 1 is 1.67 bits per heavy atom. The predicted molar refractivity (Wildman–Crippen MR) is 34.5 cm³/mol. The van der Waals surface area contributed by atoms with E-state index in [1.165, 1.54) is 12.3 Å². The maximum Gasteiger partial charge on any atom is 0.284 e. The second-order valence-corrected chi connectivity index (χ2v) is 1.34. The van der Waals surface area contributed by atoms with Gasteiger partial charge in [0, 0.05) is 0 Å². The largest absolute Gasteiger partial charge is 0.459 e. The number of carbonyl (C=O) groups is 1. The Hall–Kier alpha value is -0.960. The molecule has 1 aromatic rings. The number of hydrogen-bond donors (Lipinski definition) is 1. The molecule has 2 N–H and O–H groups in total. The van der Waals surface area contributed by atoms with Gasteiger partial charge in [0.2, 0.25) is 0 Å². The number of amides is 1. The lowest BCUT2D eigenvalue weighted by molar-refractivity contribution is 0.0974. The molecule has 0 aromatic carbocycles. The first-order valence-corrected chi connectivity index (χ1v) is 2.14. The Kier molecular flexibility index (Phi) is 2.81. The van der Waals surface area contributed by atoms with Crippen LogP contribution in [-0.2, 0) is 0 Å². The van der Waals surface area contributed by atoms with E-state index in [1.54, 1.807) is 6.07 Å². The molecule has 0 saturated heterocycles. The van der Waals surface area contributed by atoms with Crippen LogP contribution < -0.4 is 5.73 Å². The summed E-state index contributed by atoms with van der Waals surface area (Å²) in [6.45, 7) is 0. The first-order valence-electron chi connectivity index (χ1n) is 2.14. The summed E-state index contributed by atoms with van der Waals surface area (Å²) < 4.78 is 4.62. The zero-order chi connectivity index (χ0) is 5.98. The normalized spacial score (nSPS) is 8.00. The molecule has 0 unspecified atom stereocenters. The molecule has 4 heteroatoms. The van der Waals surface area contributed by atoms with Crippen molar-refractivity contribution >= 4 is 18.3 Å². The van der Waals surface area contributed by atoms with Crippen molar-refractivity contribution in [3.8, 4) is 0 Å². The van der Waals surface area contributed by atoms with Crippen LogP contribution in [0.3, 0.4) is 0 Å². The van der Waals surface area contributed by atoms with E-state index in [4.69, 9.17) is 5.73 Å². The fourth-order valence-corrected chi connectivity index (χ4v) is 0.419. The number of halogens is 1. The number of primary amides is 1. The van der Waals surface area contributed by atoms with Gasteiger partial charge in [-0.15, -0.1) is 12.4 Å². The van der Waals surface area contributed by atoms with Crippen LogP contribution in [0.5, 0.6) is 0 Å². The third-order valence-electron chi connectivity index (χ3n) is 0.764. The molecule has 9 heavy (non-hydrogen) atoms. The predicted octanol–water partition coefficient (Wildman–Crippen LogP) is 0.800. The highest BCUT2D eigenvalue weighted by Crippen LogP contribution is 1.96. The average molecular weight is 148 g/mol. The lowest BCUT2D eigenvalue weighted by Crippen LogP contribution is -2.08. The van der Waals surface area contributed by atoms with Gasteiger partial charge >= 0.3 is 0 Å². The van der Waals surface area contributed by atoms with Crippen LogP contribution in [-0.4, -0.2) is 5.91 Å². The highest BCUT2D eigenvalue weighted by Gasteiger charge is 1.98. The van der Waals surface area contributed by atoms with Crippen LogP contribution in [0.1, 0.15) is 10.6 Å². The van der Waals surface area contributed by atoms with Gasteiger partial charge in [0.15, 0.2) is 5.76 Å². The summed E-state index contributed by atoms with van der Waals surface area (Å²) in [6.07, 6.45) is 1.40. The second kappa shape index (κ2) is 3.14. The Bertz CT molecular complexity index is 183. The summed E-state index contributed by atoms with van der Waals surface area (Å²) in [7, 11) is 0. The zero-order valence-corrected chi connectivity index (χ0v) is 5.35. The van der Waals surface area contributed by atoms with E-state index in [1.807, 2.05) is 0 Å². The quantitative estimate of drug-likeness (QED) is 0.639. The zero-order valence-electron chi connectivity index (χ0n) is 4.53. The summed E-state index contributed by atoms with van der Waals surface area (Å²) in [5.74, 6) is -0.333. The van der Waals surface area contributed by atoms with E-state index in [9.17, 15) is 4.79 Å². The van der Waals surface area contributed by atoms with Gasteiger partial charge in [-0.25, -0.2) is 0 Å². The molecule has 1 amide bonds. The minimum Gasteiger partial charge on any atom is -0.459 e. The fourth-order valence-electron chi connectivity index (χ4n) is 0.419. The molecule has 0 radical (unpaired) electrons. The van der Waals surface area contributed by atoms with Crippen molar-refractivity contribution in [1.82, 2.24) is 0 Å². The third-order valence-corrected chi connectivity index (χ3v) is 0.764. The highest BCUT2D eigenvalue weighted by atomic mass is 35.5. The highest BCUT2D eigenvalue weighted by molar-refractivity contribution is 5.89. The summed E-state index contributed by atoms with van der Waals surface area (Å²) in [5.41, 5.74) is 4.83. The molecule has 0 atom stereocenters. The summed E-state index contributed by atoms with van der Waals surface area (Å²) in [5, 5.41) is 0. The molecule has 0 aliphatic carbocycles. The topological polar surface area (TPSA) is 56.2 Å². The van der Waals surface area contributed by atoms with Crippen molar-refractivity contribution in [3.05, 3.63) is 24.2 Å². The van der Waals surface area contributed by atoms with Crippen LogP contribution in [0.15, 0.2) is 22.8 Å². The van der Waals surface area contributed by atoms with E-state index in [0.717, 1.165) is 0 Å². The van der Waals surface area contributed by atoms with Gasteiger partial charge < -0.3 is 10.2 Å². The molecule has 0 aliphatic rings. The number of rotatable bonds is 1. The molecule has 1 rings (SSSR count). The maximum atomic E-state index is 10.2. The van der Waals surface area contributed by atoms with E-state index >= 15 is 0 Å². The minimum absolute atomic E-state index is 0. The minimum atomic E-state index is -0.532. The van der Waals surface area contributed by atoms with Gasteiger partial charge in [-0.05, 0) is 12.1 Å². The molecule has 3 nitrogen and oxygen atoms in total. The van der Waals surface area contributed by atoms with Gasteiger partial charge in [-0.3, -0.25) is 4.79 Å². The number of nitrogens with two attached hydrogens (primary N) is 1. The summed E-state index contributed by atoms with van der Waals surface area (Å²) in [4.78, 5) is 10.2. The Morgan fingerprint density at radius 3 is 2.56 bits per heavy atom. The molecule has 0 aliphatic heterocycles. The van der Waals surface area contributed by atoms with Gasteiger partial charge in [0.1, 0.15) is 0 Å². The molecule has 1 aromatic heterocycles. The standard InChI is InChI=1S/C5H5NO2.ClH/c6-5(7)4-2-1-3-8-4;/h1-3H,(H2,6,7);1H. The lowest BCUT2D eigenvalue weighted by atomic mass is 10.4. The van der Waals surface area contributed by atoms with Gasteiger partial charge in [0.05, 0.1) is 6.26 Å². The Morgan fingerprint density at radius 2 is 2.33 bits per heavy atom. The second-order valence-electron chi connectivity index (χ2n) is 1.34. The maximum absolute atomic E-state index is 10.2. The SMILES string of the molecule is Cl.NC(=O)c1ccco1. The number of carbonyl (C=O) groups excluding carboxylic acids is 1. The molecule has 0 spiro atoms. The first-order chi connectivity index (χ1) is 3.80. The molecule has 0 bridgehead atoms. The van der Waals surface area contributed by atoms with E-state index in [-0.39, 0.29) is 18.2 Å². The molecular formula is C5H6ClNO2. The first kappa shape index (κ1) is 8.04. The van der Waals surface area contributed by atoms with E-state index < -0.39 is 5.91 Å². The van der Waals surface area contributed by atoms with Crippen LogP contribution >= 0.6 is 12.4 Å². The monoisotopic (exact) mass is 147 g/mol. The molecule has 50 valence electrons. The molecule has 1 heterocycles. The smallest absolute Gasteiger partial charge is 0.284 e. The van der Waals surface area contributed by atoms with Crippen molar-refractivity contribution in [2.24, 2.45) is 5.73 Å².